The van der Waals surface area contributed by atoms with Gasteiger partial charge in [0, 0.05) is 17.8 Å². The number of carbonyl (C=O) groups is 1. The third-order valence-electron chi connectivity index (χ3n) is 3.01. The van der Waals surface area contributed by atoms with Gasteiger partial charge in [-0.15, -0.1) is 0 Å². The van der Waals surface area contributed by atoms with E-state index in [1.165, 1.54) is 11.8 Å². The topological polar surface area (TPSA) is 70.7 Å². The molecule has 0 atom stereocenters. The Morgan fingerprint density at radius 1 is 1.27 bits per heavy atom. The Balaban J connectivity index is 1.53. The van der Waals surface area contributed by atoms with E-state index in [0.29, 0.717) is 22.4 Å². The van der Waals surface area contributed by atoms with Crippen molar-refractivity contribution in [1.29, 1.82) is 0 Å². The van der Waals surface area contributed by atoms with E-state index in [0.717, 1.165) is 11.1 Å². The summed E-state index contributed by atoms with van der Waals surface area (Å²) in [7, 11) is 0. The first kappa shape index (κ1) is 14.9. The van der Waals surface area contributed by atoms with Crippen molar-refractivity contribution in [2.45, 2.75) is 11.7 Å². The zero-order valence-corrected chi connectivity index (χ0v) is 13.1. The van der Waals surface area contributed by atoms with Crippen molar-refractivity contribution in [2.75, 3.05) is 5.75 Å². The molecule has 2 N–H and O–H groups in total. The van der Waals surface area contributed by atoms with E-state index >= 15 is 0 Å². The fourth-order valence-electron chi connectivity index (χ4n) is 1.91. The molecule has 2 heterocycles. The molecule has 0 fully saturated rings. The molecule has 7 heteroatoms. The molecule has 0 unspecified atom stereocenters. The first-order valence-electron chi connectivity index (χ1n) is 6.66. The van der Waals surface area contributed by atoms with Gasteiger partial charge in [0.2, 0.25) is 5.91 Å². The first-order chi connectivity index (χ1) is 10.7. The molecule has 0 saturated carbocycles. The fraction of sp³-hybridized carbons (Fsp3) is 0.133. The molecular weight excluding hydrogens is 320 g/mol. The highest BCUT2D eigenvalue weighted by atomic mass is 35.5. The molecule has 112 valence electrons. The van der Waals surface area contributed by atoms with Crippen molar-refractivity contribution >= 4 is 40.4 Å². The lowest BCUT2D eigenvalue weighted by molar-refractivity contribution is -0.118. The highest BCUT2D eigenvalue weighted by Gasteiger charge is 2.08. The molecule has 0 radical (unpaired) electrons. The van der Waals surface area contributed by atoms with Gasteiger partial charge in [0.15, 0.2) is 10.8 Å². The Kier molecular flexibility index (Phi) is 4.60. The predicted octanol–water partition coefficient (Wildman–Crippen LogP) is 3.02. The van der Waals surface area contributed by atoms with Crippen molar-refractivity contribution in [3.63, 3.8) is 0 Å². The number of benzene rings is 1. The van der Waals surface area contributed by atoms with Crippen LogP contribution >= 0.6 is 23.4 Å². The number of hydrogen-bond acceptors (Lipinski definition) is 4. The first-order valence-corrected chi connectivity index (χ1v) is 8.02. The number of aromatic nitrogens is 3. The summed E-state index contributed by atoms with van der Waals surface area (Å²) in [5, 5.41) is 4.18. The molecule has 1 amide bonds. The number of halogens is 1. The molecule has 5 nitrogen and oxygen atoms in total. The Morgan fingerprint density at radius 2 is 2.14 bits per heavy atom. The zero-order chi connectivity index (χ0) is 15.4. The van der Waals surface area contributed by atoms with Gasteiger partial charge >= 0.3 is 0 Å². The Hall–Kier alpha value is -2.05. The average Bonchev–Trinajstić information content (AvgIpc) is 2.95. The van der Waals surface area contributed by atoms with Gasteiger partial charge in [-0.2, -0.15) is 0 Å². The van der Waals surface area contributed by atoms with Gasteiger partial charge in [-0.05, 0) is 23.8 Å². The third kappa shape index (κ3) is 3.58. The maximum Gasteiger partial charge on any atom is 0.230 e. The molecule has 22 heavy (non-hydrogen) atoms. The molecule has 3 aromatic rings. The maximum atomic E-state index is 11.9. The molecule has 2 aromatic heterocycles. The molecule has 1 aromatic carbocycles. The van der Waals surface area contributed by atoms with Gasteiger partial charge in [-0.1, -0.05) is 41.6 Å². The molecule has 0 saturated heterocycles. The standard InChI is InChI=1S/C15H13ClN4OS/c16-11-5-2-1-4-10(11)8-18-13(21)9-22-15-19-12-6-3-7-17-14(12)20-15/h1-7H,8-9H2,(H,18,21)(H,17,19,20). The van der Waals surface area contributed by atoms with Gasteiger partial charge in [0.1, 0.15) is 0 Å². The van der Waals surface area contributed by atoms with Gasteiger partial charge < -0.3 is 10.3 Å². The Bertz CT molecular complexity index is 772. The van der Waals surface area contributed by atoms with Gasteiger partial charge in [-0.25, -0.2) is 9.97 Å². The van der Waals surface area contributed by atoms with Crippen molar-refractivity contribution in [2.24, 2.45) is 0 Å². The van der Waals surface area contributed by atoms with Crippen LogP contribution in [0.5, 0.6) is 0 Å². The number of rotatable bonds is 5. The summed E-state index contributed by atoms with van der Waals surface area (Å²) in [6.07, 6.45) is 1.69. The van der Waals surface area contributed by atoms with Crippen LogP contribution in [0.15, 0.2) is 47.8 Å². The van der Waals surface area contributed by atoms with Gasteiger partial charge in [0.05, 0.1) is 11.3 Å². The van der Waals surface area contributed by atoms with Crippen molar-refractivity contribution in [3.8, 4) is 0 Å². The summed E-state index contributed by atoms with van der Waals surface area (Å²) in [5.41, 5.74) is 2.42. The second-order valence-electron chi connectivity index (χ2n) is 4.57. The van der Waals surface area contributed by atoms with E-state index in [1.54, 1.807) is 12.3 Å². The van der Waals surface area contributed by atoms with Crippen LogP contribution in [0.3, 0.4) is 0 Å². The second-order valence-corrected chi connectivity index (χ2v) is 5.94. The molecular formula is C15H13ClN4OS. The van der Waals surface area contributed by atoms with Crippen LogP contribution in [-0.4, -0.2) is 26.6 Å². The number of pyridine rings is 1. The number of aromatic amines is 1. The van der Waals surface area contributed by atoms with Gasteiger partial charge in [0.25, 0.3) is 0 Å². The number of imidazole rings is 1. The minimum Gasteiger partial charge on any atom is -0.351 e. The smallest absolute Gasteiger partial charge is 0.230 e. The number of thioether (sulfide) groups is 1. The summed E-state index contributed by atoms with van der Waals surface area (Å²) in [6.45, 7) is 0.417. The van der Waals surface area contributed by atoms with Gasteiger partial charge in [-0.3, -0.25) is 4.79 Å². The summed E-state index contributed by atoms with van der Waals surface area (Å²) in [5.74, 6) is 0.211. The van der Waals surface area contributed by atoms with Crippen LogP contribution in [0.2, 0.25) is 5.02 Å². The minimum atomic E-state index is -0.0710. The third-order valence-corrected chi connectivity index (χ3v) is 4.25. The molecule has 0 spiro atoms. The molecule has 3 rings (SSSR count). The molecule has 0 bridgehead atoms. The molecule has 0 aliphatic carbocycles. The summed E-state index contributed by atoms with van der Waals surface area (Å²) < 4.78 is 0. The number of nitrogens with one attached hydrogen (secondary N) is 2. The summed E-state index contributed by atoms with van der Waals surface area (Å²) in [4.78, 5) is 23.5. The maximum absolute atomic E-state index is 11.9. The largest absolute Gasteiger partial charge is 0.351 e. The van der Waals surface area contributed by atoms with Crippen LogP contribution in [-0.2, 0) is 11.3 Å². The average molecular weight is 333 g/mol. The highest BCUT2D eigenvalue weighted by Crippen LogP contribution is 2.18. The van der Waals surface area contributed by atoms with Crippen LogP contribution < -0.4 is 5.32 Å². The zero-order valence-electron chi connectivity index (χ0n) is 11.5. The van der Waals surface area contributed by atoms with E-state index in [2.05, 4.69) is 20.3 Å². The lowest BCUT2D eigenvalue weighted by atomic mass is 10.2. The van der Waals surface area contributed by atoms with Crippen LogP contribution in [0.4, 0.5) is 0 Å². The van der Waals surface area contributed by atoms with E-state index in [-0.39, 0.29) is 11.7 Å². The number of nitrogens with zero attached hydrogens (tertiary/aromatic N) is 2. The second kappa shape index (κ2) is 6.81. The number of carbonyl (C=O) groups excluding carboxylic acids is 1. The highest BCUT2D eigenvalue weighted by molar-refractivity contribution is 7.99. The lowest BCUT2D eigenvalue weighted by Crippen LogP contribution is -2.24. The lowest BCUT2D eigenvalue weighted by Gasteiger charge is -2.06. The van der Waals surface area contributed by atoms with Crippen molar-refractivity contribution in [1.82, 2.24) is 20.3 Å². The fourth-order valence-corrected chi connectivity index (χ4v) is 2.82. The number of amides is 1. The van der Waals surface area contributed by atoms with Crippen LogP contribution in [0.1, 0.15) is 5.56 Å². The number of hydrogen-bond donors (Lipinski definition) is 2. The van der Waals surface area contributed by atoms with Crippen molar-refractivity contribution in [3.05, 3.63) is 53.2 Å². The van der Waals surface area contributed by atoms with E-state index in [1.807, 2.05) is 30.3 Å². The van der Waals surface area contributed by atoms with E-state index in [4.69, 9.17) is 11.6 Å². The molecule has 0 aliphatic heterocycles. The van der Waals surface area contributed by atoms with Crippen molar-refractivity contribution < 1.29 is 4.79 Å². The van der Waals surface area contributed by atoms with Crippen LogP contribution in [0, 0.1) is 0 Å². The quantitative estimate of drug-likeness (QED) is 0.705. The normalized spacial score (nSPS) is 10.8. The van der Waals surface area contributed by atoms with E-state index < -0.39 is 0 Å². The Labute approximate surface area is 136 Å². The summed E-state index contributed by atoms with van der Waals surface area (Å²) in [6, 6.07) is 11.2. The van der Waals surface area contributed by atoms with E-state index in [9.17, 15) is 4.79 Å². The van der Waals surface area contributed by atoms with Crippen LogP contribution in [0.25, 0.3) is 11.2 Å². The monoisotopic (exact) mass is 332 g/mol. The Morgan fingerprint density at radius 3 is 2.95 bits per heavy atom. The minimum absolute atomic E-state index is 0.0710. The summed E-state index contributed by atoms with van der Waals surface area (Å²) >= 11 is 7.39. The predicted molar refractivity (Wildman–Crippen MR) is 87.9 cm³/mol. The number of H-pyrrole nitrogens is 1. The SMILES string of the molecule is O=C(CSc1nc2ncccc2[nH]1)NCc1ccccc1Cl. The number of fused-ring (bicyclic) bond motifs is 1. The molecule has 0 aliphatic rings.